The van der Waals surface area contributed by atoms with Crippen LogP contribution in [0.25, 0.3) is 0 Å². The minimum absolute atomic E-state index is 0.113. The van der Waals surface area contributed by atoms with E-state index in [0.717, 1.165) is 5.56 Å². The number of aromatic hydroxyl groups is 1. The number of hydrogen-bond acceptors (Lipinski definition) is 3. The smallest absolute Gasteiger partial charge is 0.259 e. The van der Waals surface area contributed by atoms with E-state index in [-0.39, 0.29) is 11.3 Å². The fourth-order valence-corrected chi connectivity index (χ4v) is 1.92. The maximum absolute atomic E-state index is 12.1. The highest BCUT2D eigenvalue weighted by Gasteiger charge is 2.16. The van der Waals surface area contributed by atoms with Gasteiger partial charge >= 0.3 is 0 Å². The van der Waals surface area contributed by atoms with E-state index in [1.54, 1.807) is 24.3 Å². The molecule has 0 bridgehead atoms. The standard InChI is InChI=1S/C15H14ClNO3/c1-20-13-4-2-3-12(18)14(13)15(19)17-9-10-5-7-11(16)8-6-10/h2-8,18H,9H2,1H3,(H,17,19). The highest BCUT2D eigenvalue weighted by atomic mass is 35.5. The molecule has 2 aromatic carbocycles. The summed E-state index contributed by atoms with van der Waals surface area (Å²) in [6, 6.07) is 11.8. The number of carbonyl (C=O) groups is 1. The minimum Gasteiger partial charge on any atom is -0.507 e. The second kappa shape index (κ2) is 6.30. The second-order valence-corrected chi connectivity index (χ2v) is 4.60. The fourth-order valence-electron chi connectivity index (χ4n) is 1.79. The number of phenolic OH excluding ortho intramolecular Hbond substituents is 1. The van der Waals surface area contributed by atoms with Gasteiger partial charge in [0.15, 0.2) is 0 Å². The van der Waals surface area contributed by atoms with Crippen LogP contribution in [0.15, 0.2) is 42.5 Å². The molecular formula is C15H14ClNO3. The van der Waals surface area contributed by atoms with Gasteiger partial charge in [0, 0.05) is 11.6 Å². The second-order valence-electron chi connectivity index (χ2n) is 4.16. The first kappa shape index (κ1) is 14.2. The number of carbonyl (C=O) groups excluding carboxylic acids is 1. The number of rotatable bonds is 4. The van der Waals surface area contributed by atoms with Crippen LogP contribution >= 0.6 is 11.6 Å². The molecule has 0 spiro atoms. The normalized spacial score (nSPS) is 10.1. The molecule has 2 rings (SSSR count). The van der Waals surface area contributed by atoms with Crippen molar-refractivity contribution < 1.29 is 14.6 Å². The highest BCUT2D eigenvalue weighted by molar-refractivity contribution is 6.30. The molecule has 0 aromatic heterocycles. The zero-order chi connectivity index (χ0) is 14.5. The van der Waals surface area contributed by atoms with Gasteiger partial charge in [-0.15, -0.1) is 0 Å². The lowest BCUT2D eigenvalue weighted by atomic mass is 10.1. The Morgan fingerprint density at radius 2 is 1.95 bits per heavy atom. The molecule has 20 heavy (non-hydrogen) atoms. The van der Waals surface area contributed by atoms with Gasteiger partial charge in [-0.05, 0) is 29.8 Å². The molecule has 1 amide bonds. The Hall–Kier alpha value is -2.20. The number of phenols is 1. The van der Waals surface area contributed by atoms with Gasteiger partial charge in [-0.3, -0.25) is 4.79 Å². The summed E-state index contributed by atoms with van der Waals surface area (Å²) in [5, 5.41) is 13.1. The van der Waals surface area contributed by atoms with Gasteiger partial charge < -0.3 is 15.2 Å². The summed E-state index contributed by atoms with van der Waals surface area (Å²) in [7, 11) is 1.45. The molecule has 4 nitrogen and oxygen atoms in total. The van der Waals surface area contributed by atoms with Crippen LogP contribution in [0.3, 0.4) is 0 Å². The molecule has 0 radical (unpaired) electrons. The van der Waals surface area contributed by atoms with E-state index < -0.39 is 5.91 Å². The van der Waals surface area contributed by atoms with Crippen LogP contribution in [0, 0.1) is 0 Å². The third-order valence-electron chi connectivity index (χ3n) is 2.82. The monoisotopic (exact) mass is 291 g/mol. The van der Waals surface area contributed by atoms with Gasteiger partial charge in [-0.1, -0.05) is 29.8 Å². The lowest BCUT2D eigenvalue weighted by Gasteiger charge is -2.10. The Bertz CT molecular complexity index is 611. The van der Waals surface area contributed by atoms with Crippen molar-refractivity contribution in [2.24, 2.45) is 0 Å². The van der Waals surface area contributed by atoms with Gasteiger partial charge in [0.05, 0.1) is 7.11 Å². The summed E-state index contributed by atoms with van der Waals surface area (Å²) in [6.07, 6.45) is 0. The highest BCUT2D eigenvalue weighted by Crippen LogP contribution is 2.27. The first-order valence-electron chi connectivity index (χ1n) is 6.00. The van der Waals surface area contributed by atoms with Crippen molar-refractivity contribution in [3.05, 3.63) is 58.6 Å². The number of benzene rings is 2. The topological polar surface area (TPSA) is 58.6 Å². The number of halogens is 1. The lowest BCUT2D eigenvalue weighted by Crippen LogP contribution is -2.23. The molecule has 0 saturated heterocycles. The number of methoxy groups -OCH3 is 1. The van der Waals surface area contributed by atoms with Crippen LogP contribution in [0.2, 0.25) is 5.02 Å². The molecule has 0 atom stereocenters. The first-order valence-corrected chi connectivity index (χ1v) is 6.38. The summed E-state index contributed by atoms with van der Waals surface area (Å²) in [5.74, 6) is -0.175. The van der Waals surface area contributed by atoms with Crippen molar-refractivity contribution in [3.63, 3.8) is 0 Å². The molecule has 5 heteroatoms. The fraction of sp³-hybridized carbons (Fsp3) is 0.133. The molecule has 0 saturated carbocycles. The summed E-state index contributed by atoms with van der Waals surface area (Å²) in [6.45, 7) is 0.341. The molecule has 0 fully saturated rings. The summed E-state index contributed by atoms with van der Waals surface area (Å²) in [4.78, 5) is 12.1. The number of nitrogens with one attached hydrogen (secondary N) is 1. The zero-order valence-corrected chi connectivity index (χ0v) is 11.6. The molecule has 2 aromatic rings. The Morgan fingerprint density at radius 1 is 1.25 bits per heavy atom. The van der Waals surface area contributed by atoms with E-state index in [0.29, 0.717) is 17.3 Å². The average Bonchev–Trinajstić information content (AvgIpc) is 2.46. The molecule has 0 heterocycles. The maximum atomic E-state index is 12.1. The van der Waals surface area contributed by atoms with Crippen molar-refractivity contribution in [1.82, 2.24) is 5.32 Å². The summed E-state index contributed by atoms with van der Waals surface area (Å²) < 4.78 is 5.08. The van der Waals surface area contributed by atoms with Gasteiger partial charge in [-0.25, -0.2) is 0 Å². The molecule has 0 aliphatic heterocycles. The molecule has 2 N–H and O–H groups in total. The largest absolute Gasteiger partial charge is 0.507 e. The van der Waals surface area contributed by atoms with Crippen LogP contribution in [0.1, 0.15) is 15.9 Å². The molecule has 0 unspecified atom stereocenters. The van der Waals surface area contributed by atoms with Crippen LogP contribution in [-0.2, 0) is 6.54 Å². The molecule has 0 aliphatic carbocycles. The SMILES string of the molecule is COc1cccc(O)c1C(=O)NCc1ccc(Cl)cc1. The van der Waals surface area contributed by atoms with Crippen molar-refractivity contribution >= 4 is 17.5 Å². The number of amides is 1. The van der Waals surface area contributed by atoms with Gasteiger partial charge in [0.2, 0.25) is 0 Å². The third-order valence-corrected chi connectivity index (χ3v) is 3.07. The van der Waals surface area contributed by atoms with Crippen molar-refractivity contribution in [3.8, 4) is 11.5 Å². The first-order chi connectivity index (χ1) is 9.61. The van der Waals surface area contributed by atoms with E-state index in [9.17, 15) is 9.90 Å². The van der Waals surface area contributed by atoms with Crippen LogP contribution in [0.4, 0.5) is 0 Å². The van der Waals surface area contributed by atoms with Crippen molar-refractivity contribution in [2.75, 3.05) is 7.11 Å². The molecule has 104 valence electrons. The van der Waals surface area contributed by atoms with Crippen LogP contribution in [-0.4, -0.2) is 18.1 Å². The van der Waals surface area contributed by atoms with E-state index in [2.05, 4.69) is 5.32 Å². The minimum atomic E-state index is -0.394. The summed E-state index contributed by atoms with van der Waals surface area (Å²) >= 11 is 5.79. The Kier molecular flexibility index (Phi) is 4.48. The van der Waals surface area contributed by atoms with Crippen LogP contribution < -0.4 is 10.1 Å². The summed E-state index contributed by atoms with van der Waals surface area (Å²) in [5.41, 5.74) is 1.04. The maximum Gasteiger partial charge on any atom is 0.259 e. The number of hydrogen-bond donors (Lipinski definition) is 2. The van der Waals surface area contributed by atoms with E-state index in [1.165, 1.54) is 13.2 Å². The average molecular weight is 292 g/mol. The molecular weight excluding hydrogens is 278 g/mol. The van der Waals surface area contributed by atoms with Crippen molar-refractivity contribution in [1.29, 1.82) is 0 Å². The van der Waals surface area contributed by atoms with Crippen molar-refractivity contribution in [2.45, 2.75) is 6.54 Å². The quantitative estimate of drug-likeness (QED) is 0.910. The van der Waals surface area contributed by atoms with E-state index >= 15 is 0 Å². The Morgan fingerprint density at radius 3 is 2.60 bits per heavy atom. The van der Waals surface area contributed by atoms with Gasteiger partial charge in [-0.2, -0.15) is 0 Å². The lowest BCUT2D eigenvalue weighted by molar-refractivity contribution is 0.0945. The van der Waals surface area contributed by atoms with E-state index in [4.69, 9.17) is 16.3 Å². The zero-order valence-electron chi connectivity index (χ0n) is 10.9. The van der Waals surface area contributed by atoms with Gasteiger partial charge in [0.1, 0.15) is 17.1 Å². The predicted molar refractivity (Wildman–Crippen MR) is 77.3 cm³/mol. The Balaban J connectivity index is 2.11. The van der Waals surface area contributed by atoms with Crippen LogP contribution in [0.5, 0.6) is 11.5 Å². The number of ether oxygens (including phenoxy) is 1. The van der Waals surface area contributed by atoms with Gasteiger partial charge in [0.25, 0.3) is 5.91 Å². The third kappa shape index (κ3) is 3.22. The predicted octanol–water partition coefficient (Wildman–Crippen LogP) is 2.98. The van der Waals surface area contributed by atoms with E-state index in [1.807, 2.05) is 12.1 Å². The Labute approximate surface area is 122 Å². The molecule has 0 aliphatic rings.